The van der Waals surface area contributed by atoms with Gasteiger partial charge in [0.05, 0.1) is 17.9 Å². The number of thiazole rings is 1. The summed E-state index contributed by atoms with van der Waals surface area (Å²) in [6.07, 6.45) is 1.88. The normalized spacial score (nSPS) is 10.8. The number of hydrogen-bond donors (Lipinski definition) is 1. The third-order valence-electron chi connectivity index (χ3n) is 3.49. The van der Waals surface area contributed by atoms with Crippen LogP contribution in [0, 0.1) is 19.7 Å². The molecular formula is C17H15BrFN3OS. The Hall–Kier alpha value is -1.99. The number of benzene rings is 1. The Labute approximate surface area is 151 Å². The van der Waals surface area contributed by atoms with E-state index in [9.17, 15) is 9.18 Å². The summed E-state index contributed by atoms with van der Waals surface area (Å²) in [5, 5.41) is 4.57. The number of nitrogens with zero attached hydrogens (tertiary/aromatic N) is 2. The molecule has 1 N–H and O–H groups in total. The van der Waals surface area contributed by atoms with Gasteiger partial charge in [-0.05, 0) is 59.1 Å². The third-order valence-corrected chi connectivity index (χ3v) is 4.91. The van der Waals surface area contributed by atoms with Crippen molar-refractivity contribution in [1.82, 2.24) is 9.55 Å². The second kappa shape index (κ2) is 6.86. The minimum atomic E-state index is -0.443. The molecule has 0 unspecified atom stereocenters. The number of anilines is 1. The van der Waals surface area contributed by atoms with Crippen LogP contribution in [0.3, 0.4) is 0 Å². The van der Waals surface area contributed by atoms with E-state index in [2.05, 4.69) is 26.2 Å². The standard InChI is InChI=1S/C17H15BrFN3OS/c1-10-3-4-14(13(19)5-10)21-16(23)15-6-11(2)7-22(15)8-12-9-24-17(18)20-12/h3-7,9H,8H2,1-2H3,(H,21,23). The van der Waals surface area contributed by atoms with Crippen molar-refractivity contribution >= 4 is 38.9 Å². The van der Waals surface area contributed by atoms with Gasteiger partial charge in [0.15, 0.2) is 3.92 Å². The Morgan fingerprint density at radius 1 is 1.33 bits per heavy atom. The van der Waals surface area contributed by atoms with E-state index in [0.717, 1.165) is 20.7 Å². The van der Waals surface area contributed by atoms with Crippen molar-refractivity contribution in [2.45, 2.75) is 20.4 Å². The van der Waals surface area contributed by atoms with Gasteiger partial charge in [0.25, 0.3) is 5.91 Å². The zero-order chi connectivity index (χ0) is 17.3. The number of nitrogens with one attached hydrogen (secondary N) is 1. The van der Waals surface area contributed by atoms with E-state index < -0.39 is 5.82 Å². The summed E-state index contributed by atoms with van der Waals surface area (Å²) in [5.41, 5.74) is 3.26. The maximum Gasteiger partial charge on any atom is 0.272 e. The Morgan fingerprint density at radius 2 is 2.12 bits per heavy atom. The molecule has 24 heavy (non-hydrogen) atoms. The Morgan fingerprint density at radius 3 is 2.79 bits per heavy atom. The fourth-order valence-electron chi connectivity index (χ4n) is 2.42. The number of amides is 1. The van der Waals surface area contributed by atoms with Gasteiger partial charge in [0.2, 0.25) is 0 Å². The third kappa shape index (κ3) is 3.73. The van der Waals surface area contributed by atoms with Crippen LogP contribution in [0.4, 0.5) is 10.1 Å². The number of halogens is 2. The molecule has 0 fully saturated rings. The zero-order valence-electron chi connectivity index (χ0n) is 13.1. The molecule has 0 aliphatic rings. The smallest absolute Gasteiger partial charge is 0.272 e. The van der Waals surface area contributed by atoms with Crippen LogP contribution in [0.2, 0.25) is 0 Å². The molecule has 0 aliphatic carbocycles. The fourth-order valence-corrected chi connectivity index (χ4v) is 3.45. The van der Waals surface area contributed by atoms with E-state index in [0.29, 0.717) is 12.2 Å². The maximum atomic E-state index is 13.9. The molecule has 1 aromatic carbocycles. The van der Waals surface area contributed by atoms with E-state index in [1.807, 2.05) is 23.1 Å². The molecule has 7 heteroatoms. The monoisotopic (exact) mass is 407 g/mol. The number of aryl methyl sites for hydroxylation is 2. The van der Waals surface area contributed by atoms with E-state index in [4.69, 9.17) is 0 Å². The number of rotatable bonds is 4. The van der Waals surface area contributed by atoms with Crippen LogP contribution >= 0.6 is 27.3 Å². The highest BCUT2D eigenvalue weighted by Crippen LogP contribution is 2.20. The second-order valence-corrected chi connectivity index (χ2v) is 7.69. The summed E-state index contributed by atoms with van der Waals surface area (Å²) in [6.45, 7) is 4.20. The molecule has 0 bridgehead atoms. The van der Waals surface area contributed by atoms with Crippen molar-refractivity contribution in [2.75, 3.05) is 5.32 Å². The molecule has 0 atom stereocenters. The highest BCUT2D eigenvalue weighted by Gasteiger charge is 2.15. The molecule has 2 heterocycles. The van der Waals surface area contributed by atoms with Crippen LogP contribution < -0.4 is 5.32 Å². The number of carbonyl (C=O) groups is 1. The SMILES string of the molecule is Cc1ccc(NC(=O)c2cc(C)cn2Cc2csc(Br)n2)c(F)c1. The van der Waals surface area contributed by atoms with Crippen molar-refractivity contribution < 1.29 is 9.18 Å². The van der Waals surface area contributed by atoms with Crippen molar-refractivity contribution in [3.05, 3.63) is 68.1 Å². The molecule has 3 rings (SSSR count). The molecular weight excluding hydrogens is 393 g/mol. The summed E-state index contributed by atoms with van der Waals surface area (Å²) in [6, 6.07) is 6.51. The average molecular weight is 408 g/mol. The first-order valence-corrected chi connectivity index (χ1v) is 8.94. The quantitative estimate of drug-likeness (QED) is 0.677. The van der Waals surface area contributed by atoms with Gasteiger partial charge in [0.1, 0.15) is 11.5 Å². The Balaban J connectivity index is 1.84. The second-order valence-electron chi connectivity index (χ2n) is 5.56. The zero-order valence-corrected chi connectivity index (χ0v) is 15.5. The first-order valence-electron chi connectivity index (χ1n) is 7.26. The van der Waals surface area contributed by atoms with Gasteiger partial charge >= 0.3 is 0 Å². The summed E-state index contributed by atoms with van der Waals surface area (Å²) in [4.78, 5) is 16.9. The largest absolute Gasteiger partial charge is 0.337 e. The lowest BCUT2D eigenvalue weighted by Gasteiger charge is -2.10. The molecule has 124 valence electrons. The van der Waals surface area contributed by atoms with Crippen molar-refractivity contribution in [3.8, 4) is 0 Å². The van der Waals surface area contributed by atoms with E-state index in [1.54, 1.807) is 25.1 Å². The molecule has 3 aromatic rings. The predicted molar refractivity (Wildman–Crippen MR) is 97.2 cm³/mol. The number of hydrogen-bond acceptors (Lipinski definition) is 3. The topological polar surface area (TPSA) is 46.9 Å². The fraction of sp³-hybridized carbons (Fsp3) is 0.176. The lowest BCUT2D eigenvalue weighted by molar-refractivity contribution is 0.101. The average Bonchev–Trinajstić information content (AvgIpc) is 3.08. The van der Waals surface area contributed by atoms with Crippen LogP contribution in [-0.4, -0.2) is 15.5 Å². The number of carbonyl (C=O) groups excluding carboxylic acids is 1. The summed E-state index contributed by atoms with van der Waals surface area (Å²) >= 11 is 4.83. The van der Waals surface area contributed by atoms with Crippen molar-refractivity contribution in [3.63, 3.8) is 0 Å². The molecule has 1 amide bonds. The maximum absolute atomic E-state index is 13.9. The molecule has 0 spiro atoms. The van der Waals surface area contributed by atoms with E-state index in [1.165, 1.54) is 17.4 Å². The minimum Gasteiger partial charge on any atom is -0.337 e. The van der Waals surface area contributed by atoms with Crippen LogP contribution in [-0.2, 0) is 6.54 Å². The van der Waals surface area contributed by atoms with Gasteiger partial charge in [-0.1, -0.05) is 6.07 Å². The van der Waals surface area contributed by atoms with Gasteiger partial charge in [-0.3, -0.25) is 4.79 Å². The Bertz CT molecular complexity index is 903. The summed E-state index contributed by atoms with van der Waals surface area (Å²) in [7, 11) is 0. The van der Waals surface area contributed by atoms with Gasteiger partial charge in [0, 0.05) is 11.6 Å². The molecule has 0 saturated heterocycles. The van der Waals surface area contributed by atoms with Crippen LogP contribution in [0.15, 0.2) is 39.8 Å². The van der Waals surface area contributed by atoms with E-state index in [-0.39, 0.29) is 11.6 Å². The molecule has 0 aliphatic heterocycles. The lowest BCUT2D eigenvalue weighted by Crippen LogP contribution is -2.18. The molecule has 0 radical (unpaired) electrons. The first-order chi connectivity index (χ1) is 11.4. The van der Waals surface area contributed by atoms with E-state index >= 15 is 0 Å². The van der Waals surface area contributed by atoms with Gasteiger partial charge in [-0.15, -0.1) is 11.3 Å². The molecule has 0 saturated carbocycles. The molecule has 2 aromatic heterocycles. The highest BCUT2D eigenvalue weighted by molar-refractivity contribution is 9.11. The van der Waals surface area contributed by atoms with Gasteiger partial charge in [-0.25, -0.2) is 9.37 Å². The van der Waals surface area contributed by atoms with Crippen LogP contribution in [0.25, 0.3) is 0 Å². The molecule has 4 nitrogen and oxygen atoms in total. The summed E-state index contributed by atoms with van der Waals surface area (Å²) in [5.74, 6) is -0.790. The van der Waals surface area contributed by atoms with Gasteiger partial charge < -0.3 is 9.88 Å². The lowest BCUT2D eigenvalue weighted by atomic mass is 10.2. The summed E-state index contributed by atoms with van der Waals surface area (Å²) < 4.78 is 16.6. The highest BCUT2D eigenvalue weighted by atomic mass is 79.9. The van der Waals surface area contributed by atoms with Crippen molar-refractivity contribution in [2.24, 2.45) is 0 Å². The predicted octanol–water partition coefficient (Wildman–Crippen LogP) is 4.76. The van der Waals surface area contributed by atoms with Gasteiger partial charge in [-0.2, -0.15) is 0 Å². The first kappa shape index (κ1) is 16.9. The number of aromatic nitrogens is 2. The minimum absolute atomic E-state index is 0.174. The Kier molecular flexibility index (Phi) is 4.82. The van der Waals surface area contributed by atoms with Crippen molar-refractivity contribution in [1.29, 1.82) is 0 Å². The van der Waals surface area contributed by atoms with Crippen LogP contribution in [0.1, 0.15) is 27.3 Å². The van der Waals surface area contributed by atoms with Crippen LogP contribution in [0.5, 0.6) is 0 Å².